The minimum atomic E-state index is -0.865. The van der Waals surface area contributed by atoms with Crippen LogP contribution in [0.5, 0.6) is 5.75 Å². The molecule has 0 fully saturated rings. The number of amides is 1. The molecular weight excluding hydrogens is 408 g/mol. The number of pyridine rings is 1. The number of nitrogens with one attached hydrogen (secondary N) is 1. The first kappa shape index (κ1) is 21.1. The number of aromatic nitrogens is 1. The lowest BCUT2D eigenvalue weighted by atomic mass is 10.0. The fourth-order valence-corrected chi connectivity index (χ4v) is 3.41. The maximum Gasteiger partial charge on any atom is 0.328 e. The first-order chi connectivity index (χ1) is 15.6. The summed E-state index contributed by atoms with van der Waals surface area (Å²) in [6.07, 6.45) is 2.01. The second-order valence-corrected chi connectivity index (χ2v) is 7.18. The number of fused-ring (bicyclic) bond motifs is 1. The Kier molecular flexibility index (Phi) is 6.17. The topological polar surface area (TPSA) is 90.7 Å². The van der Waals surface area contributed by atoms with E-state index in [-0.39, 0.29) is 12.2 Å². The zero-order valence-electron chi connectivity index (χ0n) is 17.7. The van der Waals surface area contributed by atoms with Crippen molar-refractivity contribution in [2.24, 2.45) is 0 Å². The largest absolute Gasteiger partial charge is 0.497 e. The van der Waals surface area contributed by atoms with Gasteiger partial charge < -0.3 is 19.2 Å². The van der Waals surface area contributed by atoms with Crippen molar-refractivity contribution in [1.82, 2.24) is 10.3 Å². The normalized spacial score (nSPS) is 11.7. The third-order valence-electron chi connectivity index (χ3n) is 5.09. The highest BCUT2D eigenvalue weighted by Gasteiger charge is 2.24. The Bertz CT molecular complexity index is 1230. The Balaban J connectivity index is 1.50. The molecule has 7 heteroatoms. The van der Waals surface area contributed by atoms with E-state index in [4.69, 9.17) is 13.9 Å². The van der Waals surface area contributed by atoms with Gasteiger partial charge in [-0.2, -0.15) is 0 Å². The van der Waals surface area contributed by atoms with Crippen LogP contribution in [0.15, 0.2) is 77.3 Å². The van der Waals surface area contributed by atoms with Crippen molar-refractivity contribution in [3.63, 3.8) is 0 Å². The lowest BCUT2D eigenvalue weighted by Crippen LogP contribution is -2.43. The predicted molar refractivity (Wildman–Crippen MR) is 119 cm³/mol. The molecule has 1 unspecified atom stereocenters. The molecule has 0 aliphatic heterocycles. The summed E-state index contributed by atoms with van der Waals surface area (Å²) >= 11 is 0. The average molecular weight is 430 g/mol. The van der Waals surface area contributed by atoms with Crippen molar-refractivity contribution in [3.8, 4) is 17.0 Å². The standard InChI is InChI=1S/C25H22N2O5/c1-30-19-10-11-22-18(14-19)15-23(32-22)24(28)27-21(25(29)31-2)13-16-6-8-17(9-7-16)20-5-3-4-12-26-20/h3-12,14-15,21H,13H2,1-2H3,(H,27,28). The molecule has 1 N–H and O–H groups in total. The molecule has 0 aliphatic rings. The van der Waals surface area contributed by atoms with Crippen LogP contribution >= 0.6 is 0 Å². The summed E-state index contributed by atoms with van der Waals surface area (Å²) in [5.74, 6) is -0.273. The minimum Gasteiger partial charge on any atom is -0.497 e. The van der Waals surface area contributed by atoms with Crippen molar-refractivity contribution in [1.29, 1.82) is 0 Å². The lowest BCUT2D eigenvalue weighted by molar-refractivity contribution is -0.142. The molecule has 0 bridgehead atoms. The summed E-state index contributed by atoms with van der Waals surface area (Å²) < 4.78 is 15.7. The van der Waals surface area contributed by atoms with Crippen molar-refractivity contribution in [2.75, 3.05) is 14.2 Å². The average Bonchev–Trinajstić information content (AvgIpc) is 3.27. The van der Waals surface area contributed by atoms with Gasteiger partial charge >= 0.3 is 5.97 Å². The molecule has 4 aromatic rings. The Morgan fingerprint density at radius 2 is 1.84 bits per heavy atom. The molecule has 7 nitrogen and oxygen atoms in total. The van der Waals surface area contributed by atoms with Crippen molar-refractivity contribution in [3.05, 3.63) is 84.3 Å². The number of esters is 1. The second-order valence-electron chi connectivity index (χ2n) is 7.18. The van der Waals surface area contributed by atoms with Gasteiger partial charge in [-0.25, -0.2) is 4.79 Å². The summed E-state index contributed by atoms with van der Waals surface area (Å²) in [5, 5.41) is 3.45. The number of furan rings is 1. The quantitative estimate of drug-likeness (QED) is 0.446. The Morgan fingerprint density at radius 3 is 2.53 bits per heavy atom. The zero-order valence-corrected chi connectivity index (χ0v) is 17.7. The molecule has 1 atom stereocenters. The second kappa shape index (κ2) is 9.34. The Morgan fingerprint density at radius 1 is 1.03 bits per heavy atom. The first-order valence-electron chi connectivity index (χ1n) is 10.0. The summed E-state index contributed by atoms with van der Waals surface area (Å²) in [7, 11) is 2.86. The van der Waals surface area contributed by atoms with Gasteiger partial charge in [0.25, 0.3) is 5.91 Å². The highest BCUT2D eigenvalue weighted by molar-refractivity contribution is 5.98. The van der Waals surface area contributed by atoms with E-state index in [0.717, 1.165) is 22.2 Å². The third kappa shape index (κ3) is 4.62. The molecule has 0 aliphatic carbocycles. The number of ether oxygens (including phenoxy) is 2. The molecule has 32 heavy (non-hydrogen) atoms. The molecule has 2 aromatic heterocycles. The van der Waals surface area contributed by atoms with Crippen molar-refractivity contribution >= 4 is 22.8 Å². The molecule has 4 rings (SSSR count). The van der Waals surface area contributed by atoms with E-state index in [0.29, 0.717) is 11.3 Å². The molecule has 162 valence electrons. The van der Waals surface area contributed by atoms with Crippen LogP contribution in [-0.4, -0.2) is 37.1 Å². The van der Waals surface area contributed by atoms with Gasteiger partial charge in [0.1, 0.15) is 17.4 Å². The molecule has 0 radical (unpaired) electrons. The number of benzene rings is 2. The van der Waals surface area contributed by atoms with Gasteiger partial charge in [-0.15, -0.1) is 0 Å². The smallest absolute Gasteiger partial charge is 0.328 e. The summed E-state index contributed by atoms with van der Waals surface area (Å²) in [5.41, 5.74) is 3.24. The predicted octanol–water partition coefficient (Wildman–Crippen LogP) is 4.02. The molecule has 0 spiro atoms. The fourth-order valence-electron chi connectivity index (χ4n) is 3.41. The van der Waals surface area contributed by atoms with Crippen molar-refractivity contribution in [2.45, 2.75) is 12.5 Å². The molecule has 0 saturated heterocycles. The maximum atomic E-state index is 12.8. The number of hydrogen-bond acceptors (Lipinski definition) is 6. The van der Waals surface area contributed by atoms with Crippen LogP contribution < -0.4 is 10.1 Å². The highest BCUT2D eigenvalue weighted by Crippen LogP contribution is 2.24. The number of carbonyl (C=O) groups excluding carboxylic acids is 2. The van der Waals surface area contributed by atoms with Crippen LogP contribution in [0.4, 0.5) is 0 Å². The molecule has 2 heterocycles. The van der Waals surface area contributed by atoms with Gasteiger partial charge in [0, 0.05) is 23.6 Å². The maximum absolute atomic E-state index is 12.8. The lowest BCUT2D eigenvalue weighted by Gasteiger charge is -2.16. The van der Waals surface area contributed by atoms with E-state index in [1.807, 2.05) is 42.5 Å². The van der Waals surface area contributed by atoms with Crippen LogP contribution in [0.3, 0.4) is 0 Å². The molecule has 2 aromatic carbocycles. The number of methoxy groups -OCH3 is 2. The van der Waals surface area contributed by atoms with E-state index < -0.39 is 17.9 Å². The van der Waals surface area contributed by atoms with E-state index >= 15 is 0 Å². The highest BCUT2D eigenvalue weighted by atomic mass is 16.5. The summed E-state index contributed by atoms with van der Waals surface area (Å²) in [6, 6.07) is 19.4. The summed E-state index contributed by atoms with van der Waals surface area (Å²) in [4.78, 5) is 29.4. The Labute approximate surface area is 185 Å². The van der Waals surface area contributed by atoms with Gasteiger partial charge in [0.05, 0.1) is 19.9 Å². The van der Waals surface area contributed by atoms with E-state index in [1.54, 1.807) is 37.6 Å². The fraction of sp³-hybridized carbons (Fsp3) is 0.160. The SMILES string of the molecule is COC(=O)C(Cc1ccc(-c2ccccn2)cc1)NC(=O)c1cc2cc(OC)ccc2o1. The van der Waals surface area contributed by atoms with E-state index in [1.165, 1.54) is 7.11 Å². The van der Waals surface area contributed by atoms with Gasteiger partial charge in [-0.1, -0.05) is 30.3 Å². The zero-order chi connectivity index (χ0) is 22.5. The van der Waals surface area contributed by atoms with Crippen LogP contribution in [0, 0.1) is 0 Å². The van der Waals surface area contributed by atoms with Crippen molar-refractivity contribution < 1.29 is 23.5 Å². The van der Waals surface area contributed by atoms with E-state index in [2.05, 4.69) is 10.3 Å². The number of nitrogens with zero attached hydrogens (tertiary/aromatic N) is 1. The summed E-state index contributed by atoms with van der Waals surface area (Å²) in [6.45, 7) is 0. The van der Waals surface area contributed by atoms with Crippen LogP contribution in [0.1, 0.15) is 16.1 Å². The van der Waals surface area contributed by atoms with Gasteiger partial charge in [0.2, 0.25) is 0 Å². The molecular formula is C25H22N2O5. The molecule has 1 amide bonds. The number of hydrogen-bond donors (Lipinski definition) is 1. The van der Waals surface area contributed by atoms with Crippen LogP contribution in [0.2, 0.25) is 0 Å². The van der Waals surface area contributed by atoms with Crippen LogP contribution in [-0.2, 0) is 16.0 Å². The van der Waals surface area contributed by atoms with E-state index in [9.17, 15) is 9.59 Å². The number of carbonyl (C=O) groups is 2. The first-order valence-corrected chi connectivity index (χ1v) is 10.0. The molecule has 0 saturated carbocycles. The van der Waals surface area contributed by atoms with Gasteiger partial charge in [-0.3, -0.25) is 9.78 Å². The van der Waals surface area contributed by atoms with Gasteiger partial charge in [0.15, 0.2) is 5.76 Å². The van der Waals surface area contributed by atoms with Gasteiger partial charge in [-0.05, 0) is 42.0 Å². The van der Waals surface area contributed by atoms with Crippen LogP contribution in [0.25, 0.3) is 22.2 Å². The monoisotopic (exact) mass is 430 g/mol. The number of rotatable bonds is 7. The third-order valence-corrected chi connectivity index (χ3v) is 5.09. The minimum absolute atomic E-state index is 0.104. The Hall–Kier alpha value is -4.13.